The molecule has 0 radical (unpaired) electrons. The minimum atomic E-state index is 0.0515. The lowest BCUT2D eigenvalue weighted by molar-refractivity contribution is 0.101. The molecular weight excluding hydrogens is 302 g/mol. The Labute approximate surface area is 142 Å². The Kier molecular flexibility index (Phi) is 4.76. The summed E-state index contributed by atoms with van der Waals surface area (Å²) < 4.78 is 0. The number of benzene rings is 1. The third kappa shape index (κ3) is 3.89. The smallest absolute Gasteiger partial charge is 0.227 e. The Hall–Kier alpha value is -2.47. The first-order chi connectivity index (χ1) is 11.5. The van der Waals surface area contributed by atoms with E-state index in [9.17, 15) is 4.79 Å². The lowest BCUT2D eigenvalue weighted by Crippen LogP contribution is -2.45. The Balaban J connectivity index is 1.81. The van der Waals surface area contributed by atoms with Gasteiger partial charge in [-0.2, -0.15) is 4.98 Å². The van der Waals surface area contributed by atoms with Crippen molar-refractivity contribution in [3.63, 3.8) is 0 Å². The fourth-order valence-electron chi connectivity index (χ4n) is 2.73. The van der Waals surface area contributed by atoms with Crippen LogP contribution in [-0.4, -0.2) is 53.9 Å². The molecule has 1 N–H and O–H groups in total. The highest BCUT2D eigenvalue weighted by molar-refractivity contribution is 5.95. The van der Waals surface area contributed by atoms with E-state index in [-0.39, 0.29) is 5.78 Å². The highest BCUT2D eigenvalue weighted by atomic mass is 16.1. The van der Waals surface area contributed by atoms with Gasteiger partial charge < -0.3 is 15.1 Å². The zero-order chi connectivity index (χ0) is 17.1. The molecule has 1 aromatic carbocycles. The number of Topliss-reactive ketones (excluding diaryl/α,β-unsaturated/α-hetero) is 1. The predicted molar refractivity (Wildman–Crippen MR) is 96.2 cm³/mol. The molecule has 0 aliphatic carbocycles. The maximum Gasteiger partial charge on any atom is 0.227 e. The number of anilines is 3. The van der Waals surface area contributed by atoms with Gasteiger partial charge in [-0.05, 0) is 33.0 Å². The van der Waals surface area contributed by atoms with E-state index >= 15 is 0 Å². The van der Waals surface area contributed by atoms with E-state index in [1.807, 2.05) is 37.3 Å². The summed E-state index contributed by atoms with van der Waals surface area (Å²) in [5.74, 6) is 1.56. The van der Waals surface area contributed by atoms with E-state index in [4.69, 9.17) is 0 Å². The molecule has 0 saturated carbocycles. The first kappa shape index (κ1) is 16.4. The number of nitrogens with zero attached hydrogens (tertiary/aromatic N) is 4. The van der Waals surface area contributed by atoms with Crippen LogP contribution < -0.4 is 10.2 Å². The maximum absolute atomic E-state index is 11.5. The average molecular weight is 325 g/mol. The second-order valence-corrected chi connectivity index (χ2v) is 6.25. The zero-order valence-corrected chi connectivity index (χ0v) is 14.4. The molecule has 1 fully saturated rings. The molecule has 2 heterocycles. The van der Waals surface area contributed by atoms with Gasteiger partial charge in [0.1, 0.15) is 5.82 Å². The molecule has 1 saturated heterocycles. The second kappa shape index (κ2) is 6.97. The number of hydrogen-bond donors (Lipinski definition) is 1. The molecule has 1 aromatic heterocycles. The standard InChI is InChI=1S/C18H23N5O/c1-13-11-17(20-16-6-4-5-15(12-16)14(2)24)21-18(19-13)23-9-7-22(3)8-10-23/h4-6,11-12H,7-10H2,1-3H3,(H,19,20,21). The summed E-state index contributed by atoms with van der Waals surface area (Å²) in [5, 5.41) is 3.29. The summed E-state index contributed by atoms with van der Waals surface area (Å²) in [4.78, 5) is 25.3. The fraction of sp³-hybridized carbons (Fsp3) is 0.389. The predicted octanol–water partition coefficient (Wildman–Crippen LogP) is 2.48. The number of piperazine rings is 1. The van der Waals surface area contributed by atoms with Gasteiger partial charge in [-0.15, -0.1) is 0 Å². The Bertz CT molecular complexity index is 738. The molecule has 0 bridgehead atoms. The van der Waals surface area contributed by atoms with Gasteiger partial charge in [-0.1, -0.05) is 12.1 Å². The monoisotopic (exact) mass is 325 g/mol. The first-order valence-corrected chi connectivity index (χ1v) is 8.18. The maximum atomic E-state index is 11.5. The van der Waals surface area contributed by atoms with Crippen molar-refractivity contribution in [2.75, 3.05) is 43.4 Å². The van der Waals surface area contributed by atoms with Crippen molar-refractivity contribution in [2.24, 2.45) is 0 Å². The topological polar surface area (TPSA) is 61.4 Å². The van der Waals surface area contributed by atoms with Gasteiger partial charge in [0.25, 0.3) is 0 Å². The Morgan fingerprint density at radius 2 is 1.88 bits per heavy atom. The first-order valence-electron chi connectivity index (χ1n) is 8.18. The van der Waals surface area contributed by atoms with Gasteiger partial charge in [-0.25, -0.2) is 4.98 Å². The lowest BCUT2D eigenvalue weighted by atomic mass is 10.1. The van der Waals surface area contributed by atoms with E-state index in [0.29, 0.717) is 5.56 Å². The van der Waals surface area contributed by atoms with Crippen LogP contribution in [0.3, 0.4) is 0 Å². The van der Waals surface area contributed by atoms with Gasteiger partial charge in [0.05, 0.1) is 0 Å². The SMILES string of the molecule is CC(=O)c1cccc(Nc2cc(C)nc(N3CCN(C)CC3)n2)c1. The minimum absolute atomic E-state index is 0.0515. The number of rotatable bonds is 4. The molecule has 0 atom stereocenters. The summed E-state index contributed by atoms with van der Waals surface area (Å²) in [7, 11) is 2.13. The van der Waals surface area contributed by atoms with Crippen molar-refractivity contribution in [1.29, 1.82) is 0 Å². The van der Waals surface area contributed by atoms with Crippen LogP contribution in [0, 0.1) is 6.92 Å². The van der Waals surface area contributed by atoms with E-state index in [2.05, 4.69) is 32.1 Å². The van der Waals surface area contributed by atoms with Crippen molar-refractivity contribution in [3.8, 4) is 0 Å². The molecule has 0 amide bonds. The van der Waals surface area contributed by atoms with Crippen LogP contribution in [0.1, 0.15) is 23.0 Å². The number of likely N-dealkylation sites (N-methyl/N-ethyl adjacent to an activating group) is 1. The molecule has 126 valence electrons. The van der Waals surface area contributed by atoms with E-state index in [1.165, 1.54) is 0 Å². The largest absolute Gasteiger partial charge is 0.340 e. The van der Waals surface area contributed by atoms with Crippen LogP contribution in [-0.2, 0) is 0 Å². The summed E-state index contributed by atoms with van der Waals surface area (Å²) >= 11 is 0. The Morgan fingerprint density at radius 3 is 2.58 bits per heavy atom. The van der Waals surface area contributed by atoms with E-state index < -0.39 is 0 Å². The van der Waals surface area contributed by atoms with Crippen LogP contribution in [0.15, 0.2) is 30.3 Å². The van der Waals surface area contributed by atoms with Crippen molar-refractivity contribution in [3.05, 3.63) is 41.6 Å². The summed E-state index contributed by atoms with van der Waals surface area (Å²) in [5.41, 5.74) is 2.46. The van der Waals surface area contributed by atoms with Crippen molar-refractivity contribution >= 4 is 23.2 Å². The summed E-state index contributed by atoms with van der Waals surface area (Å²) in [6.07, 6.45) is 0. The van der Waals surface area contributed by atoms with Crippen LogP contribution in [0.4, 0.5) is 17.5 Å². The molecule has 2 aromatic rings. The number of aromatic nitrogens is 2. The van der Waals surface area contributed by atoms with Crippen LogP contribution in [0.25, 0.3) is 0 Å². The normalized spacial score (nSPS) is 15.4. The van der Waals surface area contributed by atoms with Gasteiger partial charge in [0, 0.05) is 49.2 Å². The number of ketones is 1. The van der Waals surface area contributed by atoms with Crippen LogP contribution in [0.5, 0.6) is 0 Å². The van der Waals surface area contributed by atoms with E-state index in [1.54, 1.807) is 6.92 Å². The third-order valence-electron chi connectivity index (χ3n) is 4.17. The molecule has 24 heavy (non-hydrogen) atoms. The van der Waals surface area contributed by atoms with Gasteiger partial charge >= 0.3 is 0 Å². The van der Waals surface area contributed by atoms with E-state index in [0.717, 1.165) is 49.3 Å². The van der Waals surface area contributed by atoms with Crippen molar-refractivity contribution in [1.82, 2.24) is 14.9 Å². The average Bonchev–Trinajstić information content (AvgIpc) is 2.55. The summed E-state index contributed by atoms with van der Waals surface area (Å²) in [6.45, 7) is 7.43. The molecule has 0 spiro atoms. The highest BCUT2D eigenvalue weighted by Gasteiger charge is 2.17. The second-order valence-electron chi connectivity index (χ2n) is 6.25. The minimum Gasteiger partial charge on any atom is -0.340 e. The molecule has 1 aliphatic rings. The van der Waals surface area contributed by atoms with Gasteiger partial charge in [0.2, 0.25) is 5.95 Å². The van der Waals surface area contributed by atoms with Crippen LogP contribution >= 0.6 is 0 Å². The number of nitrogens with one attached hydrogen (secondary N) is 1. The summed E-state index contributed by atoms with van der Waals surface area (Å²) in [6, 6.07) is 9.37. The molecule has 0 unspecified atom stereocenters. The van der Waals surface area contributed by atoms with Gasteiger partial charge in [-0.3, -0.25) is 4.79 Å². The lowest BCUT2D eigenvalue weighted by Gasteiger charge is -2.32. The number of carbonyl (C=O) groups excluding carboxylic acids is 1. The quantitative estimate of drug-likeness (QED) is 0.872. The molecular formula is C18H23N5O. The molecule has 3 rings (SSSR count). The zero-order valence-electron chi connectivity index (χ0n) is 14.4. The molecule has 6 heteroatoms. The fourth-order valence-corrected chi connectivity index (χ4v) is 2.73. The van der Waals surface area contributed by atoms with Gasteiger partial charge in [0.15, 0.2) is 5.78 Å². The van der Waals surface area contributed by atoms with Crippen molar-refractivity contribution < 1.29 is 4.79 Å². The number of carbonyl (C=O) groups is 1. The molecule has 6 nitrogen and oxygen atoms in total. The molecule has 1 aliphatic heterocycles. The third-order valence-corrected chi connectivity index (χ3v) is 4.17. The highest BCUT2D eigenvalue weighted by Crippen LogP contribution is 2.20. The Morgan fingerprint density at radius 1 is 1.12 bits per heavy atom. The van der Waals surface area contributed by atoms with Crippen molar-refractivity contribution in [2.45, 2.75) is 13.8 Å². The number of aryl methyl sites for hydroxylation is 1. The van der Waals surface area contributed by atoms with Crippen LogP contribution in [0.2, 0.25) is 0 Å². The number of hydrogen-bond acceptors (Lipinski definition) is 6.